The Morgan fingerprint density at radius 2 is 2.00 bits per heavy atom. The van der Waals surface area contributed by atoms with E-state index in [4.69, 9.17) is 15.2 Å². The molecular formula is C20H18N2O3. The van der Waals surface area contributed by atoms with Crippen molar-refractivity contribution in [3.05, 3.63) is 70.8 Å². The lowest BCUT2D eigenvalue weighted by Crippen LogP contribution is -2.25. The van der Waals surface area contributed by atoms with Gasteiger partial charge in [0.25, 0.3) is 0 Å². The van der Waals surface area contributed by atoms with Crippen LogP contribution in [0, 0.1) is 11.3 Å². The van der Waals surface area contributed by atoms with Crippen LogP contribution in [0.4, 0.5) is 0 Å². The molecule has 0 fully saturated rings. The molecule has 0 amide bonds. The Hall–Kier alpha value is -3.26. The van der Waals surface area contributed by atoms with Crippen molar-refractivity contribution >= 4 is 16.7 Å². The first-order chi connectivity index (χ1) is 12.1. The molecule has 0 saturated carbocycles. The monoisotopic (exact) mass is 334 g/mol. The molecule has 0 radical (unpaired) electrons. The lowest BCUT2D eigenvalue weighted by Gasteiger charge is -2.27. The fraction of sp³-hybridized carbons (Fsp3) is 0.200. The second kappa shape index (κ2) is 6.70. The third-order valence-corrected chi connectivity index (χ3v) is 4.24. The SMILES string of the molecule is CCOC(=O)C1=C(C)OC(N)=C(C#N)[C@H]1c1cccc2ccccc12. The van der Waals surface area contributed by atoms with E-state index >= 15 is 0 Å². The number of allylic oxidation sites excluding steroid dienone is 2. The predicted molar refractivity (Wildman–Crippen MR) is 93.9 cm³/mol. The maximum absolute atomic E-state index is 12.6. The third kappa shape index (κ3) is 2.83. The first-order valence-electron chi connectivity index (χ1n) is 8.01. The molecule has 0 aromatic heterocycles. The maximum Gasteiger partial charge on any atom is 0.338 e. The lowest BCUT2D eigenvalue weighted by atomic mass is 9.81. The molecule has 1 aliphatic rings. The first-order valence-corrected chi connectivity index (χ1v) is 8.01. The van der Waals surface area contributed by atoms with Crippen LogP contribution in [0.5, 0.6) is 0 Å². The predicted octanol–water partition coefficient (Wildman–Crippen LogP) is 3.48. The Morgan fingerprint density at radius 1 is 1.28 bits per heavy atom. The summed E-state index contributed by atoms with van der Waals surface area (Å²) in [6.07, 6.45) is 0. The van der Waals surface area contributed by atoms with Crippen molar-refractivity contribution in [3.8, 4) is 6.07 Å². The summed E-state index contributed by atoms with van der Waals surface area (Å²) in [4.78, 5) is 12.6. The van der Waals surface area contributed by atoms with Gasteiger partial charge in [-0.1, -0.05) is 42.5 Å². The molecule has 25 heavy (non-hydrogen) atoms. The molecule has 1 atom stereocenters. The summed E-state index contributed by atoms with van der Waals surface area (Å²) in [6.45, 7) is 3.63. The molecule has 5 nitrogen and oxygen atoms in total. The lowest BCUT2D eigenvalue weighted by molar-refractivity contribution is -0.139. The molecule has 0 saturated heterocycles. The highest BCUT2D eigenvalue weighted by molar-refractivity contribution is 5.95. The number of nitriles is 1. The topological polar surface area (TPSA) is 85.3 Å². The number of benzene rings is 2. The second-order valence-corrected chi connectivity index (χ2v) is 5.68. The Morgan fingerprint density at radius 3 is 2.72 bits per heavy atom. The van der Waals surface area contributed by atoms with Gasteiger partial charge in [-0.25, -0.2) is 4.79 Å². The minimum Gasteiger partial charge on any atom is -0.463 e. The van der Waals surface area contributed by atoms with Gasteiger partial charge in [-0.2, -0.15) is 5.26 Å². The summed E-state index contributed by atoms with van der Waals surface area (Å²) in [7, 11) is 0. The molecule has 2 N–H and O–H groups in total. The number of hydrogen-bond acceptors (Lipinski definition) is 5. The van der Waals surface area contributed by atoms with Crippen LogP contribution in [-0.4, -0.2) is 12.6 Å². The fourth-order valence-corrected chi connectivity index (χ4v) is 3.17. The average Bonchev–Trinajstić information content (AvgIpc) is 2.60. The first kappa shape index (κ1) is 16.6. The molecule has 126 valence electrons. The summed E-state index contributed by atoms with van der Waals surface area (Å²) in [6, 6.07) is 15.7. The number of esters is 1. The Balaban J connectivity index is 2.28. The van der Waals surface area contributed by atoms with E-state index in [0.29, 0.717) is 11.3 Å². The highest BCUT2D eigenvalue weighted by Crippen LogP contribution is 2.41. The van der Waals surface area contributed by atoms with Crippen molar-refractivity contribution in [1.82, 2.24) is 0 Å². The maximum atomic E-state index is 12.6. The number of fused-ring (bicyclic) bond motifs is 1. The zero-order valence-electron chi connectivity index (χ0n) is 14.1. The fourth-order valence-electron chi connectivity index (χ4n) is 3.17. The minimum absolute atomic E-state index is 0.0194. The smallest absolute Gasteiger partial charge is 0.338 e. The van der Waals surface area contributed by atoms with E-state index in [9.17, 15) is 10.1 Å². The van der Waals surface area contributed by atoms with Crippen LogP contribution in [0.1, 0.15) is 25.3 Å². The van der Waals surface area contributed by atoms with E-state index in [0.717, 1.165) is 16.3 Å². The minimum atomic E-state index is -0.621. The quantitative estimate of drug-likeness (QED) is 0.869. The number of hydrogen-bond donors (Lipinski definition) is 1. The van der Waals surface area contributed by atoms with Crippen molar-refractivity contribution in [2.24, 2.45) is 5.73 Å². The van der Waals surface area contributed by atoms with E-state index in [1.54, 1.807) is 13.8 Å². The van der Waals surface area contributed by atoms with Gasteiger partial charge < -0.3 is 15.2 Å². The van der Waals surface area contributed by atoms with Gasteiger partial charge in [0.1, 0.15) is 17.4 Å². The largest absolute Gasteiger partial charge is 0.463 e. The molecule has 2 aromatic carbocycles. The Bertz CT molecular complexity index is 946. The highest BCUT2D eigenvalue weighted by atomic mass is 16.5. The second-order valence-electron chi connectivity index (χ2n) is 5.68. The average molecular weight is 334 g/mol. The molecule has 3 rings (SSSR count). The molecule has 1 aliphatic heterocycles. The van der Waals surface area contributed by atoms with Crippen LogP contribution in [0.25, 0.3) is 10.8 Å². The van der Waals surface area contributed by atoms with E-state index in [2.05, 4.69) is 6.07 Å². The van der Waals surface area contributed by atoms with E-state index < -0.39 is 11.9 Å². The molecular weight excluding hydrogens is 316 g/mol. The van der Waals surface area contributed by atoms with Crippen LogP contribution >= 0.6 is 0 Å². The summed E-state index contributed by atoms with van der Waals surface area (Å²) < 4.78 is 10.6. The summed E-state index contributed by atoms with van der Waals surface area (Å²) >= 11 is 0. The molecule has 0 spiro atoms. The Labute approximate surface area is 145 Å². The summed E-state index contributed by atoms with van der Waals surface area (Å²) in [5.74, 6) is -0.749. The number of ether oxygens (including phenoxy) is 2. The molecule has 1 heterocycles. The van der Waals surface area contributed by atoms with Gasteiger partial charge in [0.2, 0.25) is 5.88 Å². The van der Waals surface area contributed by atoms with Crippen LogP contribution in [0.15, 0.2) is 65.3 Å². The van der Waals surface area contributed by atoms with Crippen molar-refractivity contribution in [2.75, 3.05) is 6.61 Å². The normalized spacial score (nSPS) is 17.2. The molecule has 0 bridgehead atoms. The van der Waals surface area contributed by atoms with Crippen molar-refractivity contribution in [2.45, 2.75) is 19.8 Å². The molecule has 0 unspecified atom stereocenters. The third-order valence-electron chi connectivity index (χ3n) is 4.24. The van der Waals surface area contributed by atoms with Gasteiger partial charge in [0.05, 0.1) is 18.1 Å². The molecule has 2 aromatic rings. The van der Waals surface area contributed by atoms with E-state index in [1.165, 1.54) is 0 Å². The van der Waals surface area contributed by atoms with Crippen molar-refractivity contribution in [1.29, 1.82) is 5.26 Å². The van der Waals surface area contributed by atoms with Gasteiger partial charge >= 0.3 is 5.97 Å². The molecule has 5 heteroatoms. The van der Waals surface area contributed by atoms with Crippen LogP contribution in [-0.2, 0) is 14.3 Å². The zero-order chi connectivity index (χ0) is 18.0. The van der Waals surface area contributed by atoms with Gasteiger partial charge in [0, 0.05) is 0 Å². The molecule has 0 aliphatic carbocycles. The van der Waals surface area contributed by atoms with E-state index in [1.807, 2.05) is 42.5 Å². The number of carbonyl (C=O) groups is 1. The van der Waals surface area contributed by atoms with Gasteiger partial charge in [-0.05, 0) is 30.2 Å². The van der Waals surface area contributed by atoms with Crippen LogP contribution in [0.2, 0.25) is 0 Å². The number of nitrogens with two attached hydrogens (primary N) is 1. The summed E-state index contributed by atoms with van der Waals surface area (Å²) in [5, 5.41) is 11.6. The number of nitrogens with zero attached hydrogens (tertiary/aromatic N) is 1. The van der Waals surface area contributed by atoms with Crippen molar-refractivity contribution in [3.63, 3.8) is 0 Å². The number of rotatable bonds is 3. The van der Waals surface area contributed by atoms with Gasteiger partial charge in [-0.3, -0.25) is 0 Å². The van der Waals surface area contributed by atoms with Crippen molar-refractivity contribution < 1.29 is 14.3 Å². The van der Waals surface area contributed by atoms with Crippen LogP contribution in [0.3, 0.4) is 0 Å². The summed E-state index contributed by atoms with van der Waals surface area (Å²) in [5.41, 5.74) is 7.28. The van der Waals surface area contributed by atoms with Gasteiger partial charge in [0.15, 0.2) is 0 Å². The Kier molecular flexibility index (Phi) is 4.44. The standard InChI is InChI=1S/C20H18N2O3/c1-3-24-20(23)17-12(2)25-19(22)16(11-21)18(17)15-10-6-8-13-7-4-5-9-14(13)15/h4-10,18H,3,22H2,1-2H3/t18-/m1/s1. The van der Waals surface area contributed by atoms with Crippen LogP contribution < -0.4 is 5.73 Å². The highest BCUT2D eigenvalue weighted by Gasteiger charge is 2.36. The van der Waals surface area contributed by atoms with Gasteiger partial charge in [-0.15, -0.1) is 0 Å². The zero-order valence-corrected chi connectivity index (χ0v) is 14.1. The van der Waals surface area contributed by atoms with E-state index in [-0.39, 0.29) is 18.1 Å². The number of carbonyl (C=O) groups excluding carboxylic acids is 1.